The highest BCUT2D eigenvalue weighted by atomic mass is 19.1. The summed E-state index contributed by atoms with van der Waals surface area (Å²) in [4.78, 5) is 3.41. The van der Waals surface area contributed by atoms with Crippen molar-refractivity contribution in [3.63, 3.8) is 0 Å². The normalized spacial score (nSPS) is 28.4. The molecule has 0 spiro atoms. The first-order valence-electron chi connectivity index (χ1n) is 8.24. The lowest BCUT2D eigenvalue weighted by Crippen LogP contribution is -3.20. The number of nitrogens with one attached hydrogen (secondary N) is 2. The van der Waals surface area contributed by atoms with Gasteiger partial charge in [-0.3, -0.25) is 0 Å². The van der Waals surface area contributed by atoms with E-state index >= 15 is 0 Å². The van der Waals surface area contributed by atoms with Crippen LogP contribution in [0, 0.1) is 5.82 Å². The summed E-state index contributed by atoms with van der Waals surface area (Å²) in [6, 6.07) is 8.12. The molecule has 0 bridgehead atoms. The zero-order chi connectivity index (χ0) is 13.8. The van der Waals surface area contributed by atoms with Crippen LogP contribution in [0.4, 0.5) is 4.39 Å². The van der Waals surface area contributed by atoms with Crippen molar-refractivity contribution in [2.24, 2.45) is 0 Å². The molecule has 0 radical (unpaired) electrons. The summed E-state index contributed by atoms with van der Waals surface area (Å²) in [6.45, 7) is 6.04. The minimum absolute atomic E-state index is 0.0382. The Balaban J connectivity index is 1.50. The van der Waals surface area contributed by atoms with Gasteiger partial charge in [0, 0.05) is 18.4 Å². The molecular weight excluding hydrogens is 251 g/mol. The number of halogens is 1. The molecular formula is C17H27FN2+2. The lowest BCUT2D eigenvalue weighted by Gasteiger charge is -2.36. The van der Waals surface area contributed by atoms with Gasteiger partial charge in [0.05, 0.1) is 32.2 Å². The molecule has 1 aromatic carbocycles. The van der Waals surface area contributed by atoms with Crippen molar-refractivity contribution in [1.29, 1.82) is 0 Å². The molecule has 0 aromatic heterocycles. The van der Waals surface area contributed by atoms with Crippen LogP contribution in [-0.2, 0) is 6.54 Å². The van der Waals surface area contributed by atoms with Crippen molar-refractivity contribution in [2.45, 2.75) is 44.7 Å². The van der Waals surface area contributed by atoms with Crippen LogP contribution >= 0.6 is 0 Å². The van der Waals surface area contributed by atoms with Crippen LogP contribution in [0.1, 0.15) is 37.7 Å². The second-order valence-corrected chi connectivity index (χ2v) is 6.51. The summed E-state index contributed by atoms with van der Waals surface area (Å²) in [5.41, 5.74) is 0.881. The van der Waals surface area contributed by atoms with Crippen LogP contribution in [-0.4, -0.2) is 32.2 Å². The number of hydrogen-bond acceptors (Lipinski definition) is 0. The first-order chi connectivity index (χ1) is 9.83. The first kappa shape index (κ1) is 14.0. The summed E-state index contributed by atoms with van der Waals surface area (Å²) in [7, 11) is 0. The third kappa shape index (κ3) is 3.39. The van der Waals surface area contributed by atoms with Gasteiger partial charge in [-0.2, -0.15) is 0 Å². The highest BCUT2D eigenvalue weighted by molar-refractivity contribution is 5.15. The van der Waals surface area contributed by atoms with Gasteiger partial charge in [0.25, 0.3) is 0 Å². The highest BCUT2D eigenvalue weighted by Crippen LogP contribution is 2.06. The van der Waals surface area contributed by atoms with Crippen molar-refractivity contribution in [1.82, 2.24) is 0 Å². The molecule has 0 unspecified atom stereocenters. The van der Waals surface area contributed by atoms with Crippen LogP contribution in [0.2, 0.25) is 0 Å². The number of quaternary nitrogens is 2. The second-order valence-electron chi connectivity index (χ2n) is 6.51. The van der Waals surface area contributed by atoms with E-state index in [0.717, 1.165) is 18.2 Å². The summed E-state index contributed by atoms with van der Waals surface area (Å²) < 4.78 is 13.7. The van der Waals surface area contributed by atoms with E-state index in [1.807, 2.05) is 17.0 Å². The maximum atomic E-state index is 13.7. The summed E-state index contributed by atoms with van der Waals surface area (Å²) in [5.74, 6) is -0.0382. The van der Waals surface area contributed by atoms with E-state index in [9.17, 15) is 4.39 Å². The van der Waals surface area contributed by atoms with Gasteiger partial charge in [0.15, 0.2) is 0 Å². The quantitative estimate of drug-likeness (QED) is 0.794. The molecule has 1 aromatic rings. The molecule has 2 saturated heterocycles. The topological polar surface area (TPSA) is 8.88 Å². The molecule has 2 heterocycles. The predicted octanol–water partition coefficient (Wildman–Crippen LogP) is 0.442. The maximum absolute atomic E-state index is 13.7. The van der Waals surface area contributed by atoms with Gasteiger partial charge in [0.2, 0.25) is 0 Å². The first-order valence-corrected chi connectivity index (χ1v) is 8.24. The van der Waals surface area contributed by atoms with Gasteiger partial charge in [0.1, 0.15) is 12.4 Å². The molecule has 2 aliphatic heterocycles. The number of likely N-dealkylation sites (tertiary alicyclic amines) is 2. The van der Waals surface area contributed by atoms with E-state index in [2.05, 4.69) is 0 Å². The Bertz CT molecular complexity index is 421. The SMILES string of the molecule is Fc1ccccc1C[NH+]1CCC([NH+]2CCCCC2)CC1. The number of piperidine rings is 2. The number of benzene rings is 1. The molecule has 2 nitrogen and oxygen atoms in total. The van der Waals surface area contributed by atoms with E-state index in [-0.39, 0.29) is 5.82 Å². The Kier molecular flexibility index (Phi) is 4.69. The zero-order valence-electron chi connectivity index (χ0n) is 12.3. The Morgan fingerprint density at radius 1 is 0.950 bits per heavy atom. The van der Waals surface area contributed by atoms with Gasteiger partial charge in [-0.25, -0.2) is 4.39 Å². The Morgan fingerprint density at radius 3 is 2.35 bits per heavy atom. The van der Waals surface area contributed by atoms with Gasteiger partial charge < -0.3 is 9.80 Å². The van der Waals surface area contributed by atoms with Gasteiger partial charge >= 0.3 is 0 Å². The molecule has 0 atom stereocenters. The number of hydrogen-bond donors (Lipinski definition) is 2. The van der Waals surface area contributed by atoms with Crippen molar-refractivity contribution in [3.05, 3.63) is 35.6 Å². The molecule has 2 N–H and O–H groups in total. The molecule has 0 aliphatic carbocycles. The smallest absolute Gasteiger partial charge is 0.132 e. The zero-order valence-corrected chi connectivity index (χ0v) is 12.3. The van der Waals surface area contributed by atoms with E-state index in [1.54, 1.807) is 17.0 Å². The maximum Gasteiger partial charge on any atom is 0.132 e. The second kappa shape index (κ2) is 6.68. The van der Waals surface area contributed by atoms with Gasteiger partial charge in [-0.05, 0) is 25.3 Å². The van der Waals surface area contributed by atoms with E-state index in [4.69, 9.17) is 0 Å². The fourth-order valence-electron chi connectivity index (χ4n) is 3.94. The fourth-order valence-corrected chi connectivity index (χ4v) is 3.94. The number of rotatable bonds is 3. The Hall–Kier alpha value is -0.930. The third-order valence-corrected chi connectivity index (χ3v) is 5.16. The molecule has 110 valence electrons. The minimum atomic E-state index is -0.0382. The summed E-state index contributed by atoms with van der Waals surface area (Å²) in [5, 5.41) is 0. The summed E-state index contributed by atoms with van der Waals surface area (Å²) in [6.07, 6.45) is 6.90. The van der Waals surface area contributed by atoms with E-state index in [0.29, 0.717) is 0 Å². The minimum Gasteiger partial charge on any atom is -0.332 e. The Morgan fingerprint density at radius 2 is 1.65 bits per heavy atom. The van der Waals surface area contributed by atoms with E-state index < -0.39 is 0 Å². The fraction of sp³-hybridized carbons (Fsp3) is 0.647. The van der Waals surface area contributed by atoms with Gasteiger partial charge in [-0.1, -0.05) is 18.2 Å². The lowest BCUT2D eigenvalue weighted by atomic mass is 9.99. The van der Waals surface area contributed by atoms with Crippen molar-refractivity contribution in [2.75, 3.05) is 26.2 Å². The van der Waals surface area contributed by atoms with Crippen LogP contribution in [0.15, 0.2) is 24.3 Å². The molecule has 0 amide bonds. The lowest BCUT2D eigenvalue weighted by molar-refractivity contribution is -0.965. The van der Waals surface area contributed by atoms with E-state index in [1.165, 1.54) is 58.3 Å². The van der Waals surface area contributed by atoms with Crippen molar-refractivity contribution < 1.29 is 14.2 Å². The van der Waals surface area contributed by atoms with Gasteiger partial charge in [-0.15, -0.1) is 0 Å². The average Bonchev–Trinajstić information content (AvgIpc) is 2.51. The monoisotopic (exact) mass is 278 g/mol. The molecule has 3 rings (SSSR count). The molecule has 2 fully saturated rings. The Labute approximate surface area is 121 Å². The molecule has 2 aliphatic rings. The van der Waals surface area contributed by atoms with Crippen molar-refractivity contribution in [3.8, 4) is 0 Å². The molecule has 20 heavy (non-hydrogen) atoms. The van der Waals surface area contributed by atoms with Crippen LogP contribution in [0.5, 0.6) is 0 Å². The van der Waals surface area contributed by atoms with Crippen LogP contribution in [0.3, 0.4) is 0 Å². The highest BCUT2D eigenvalue weighted by Gasteiger charge is 2.30. The predicted molar refractivity (Wildman–Crippen MR) is 78.4 cm³/mol. The largest absolute Gasteiger partial charge is 0.332 e. The molecule has 3 heteroatoms. The average molecular weight is 278 g/mol. The van der Waals surface area contributed by atoms with Crippen molar-refractivity contribution >= 4 is 0 Å². The van der Waals surface area contributed by atoms with Crippen LogP contribution in [0.25, 0.3) is 0 Å². The standard InChI is InChI=1S/C17H25FN2/c18-17-7-3-2-6-15(17)14-19-12-8-16(9-13-19)20-10-4-1-5-11-20/h2-3,6-7,16H,1,4-5,8-14H2/p+2. The molecule has 0 saturated carbocycles. The third-order valence-electron chi connectivity index (χ3n) is 5.16. The summed E-state index contributed by atoms with van der Waals surface area (Å²) >= 11 is 0. The van der Waals surface area contributed by atoms with Crippen LogP contribution < -0.4 is 9.80 Å².